The number of nitro groups is 1. The van der Waals surface area contributed by atoms with Gasteiger partial charge in [-0.15, -0.1) is 0 Å². The van der Waals surface area contributed by atoms with Gasteiger partial charge in [-0.05, 0) is 18.8 Å². The summed E-state index contributed by atoms with van der Waals surface area (Å²) in [6, 6.07) is 3.21. The number of pyridine rings is 1. The Labute approximate surface area is 111 Å². The lowest BCUT2D eigenvalue weighted by atomic mass is 9.89. The molecule has 1 saturated carbocycles. The van der Waals surface area contributed by atoms with Crippen molar-refractivity contribution in [3.63, 3.8) is 0 Å². The molecule has 1 aliphatic carbocycles. The van der Waals surface area contributed by atoms with Crippen molar-refractivity contribution in [2.24, 2.45) is 5.92 Å². The summed E-state index contributed by atoms with van der Waals surface area (Å²) < 4.78 is 0. The fourth-order valence-corrected chi connectivity index (χ4v) is 2.41. The maximum Gasteiger partial charge on any atom is 0.289 e. The van der Waals surface area contributed by atoms with E-state index < -0.39 is 4.92 Å². The first kappa shape index (κ1) is 13.3. The lowest BCUT2D eigenvalue weighted by Crippen LogP contribution is -2.18. The van der Waals surface area contributed by atoms with Gasteiger partial charge in [0.2, 0.25) is 0 Å². The van der Waals surface area contributed by atoms with Crippen molar-refractivity contribution in [3.8, 4) is 6.07 Å². The molecule has 1 aromatic rings. The minimum Gasteiger partial charge on any atom is -0.369 e. The van der Waals surface area contributed by atoms with E-state index in [9.17, 15) is 10.1 Å². The molecule has 100 valence electrons. The van der Waals surface area contributed by atoms with Gasteiger partial charge in [0.25, 0.3) is 5.69 Å². The Hall–Kier alpha value is -2.16. The van der Waals surface area contributed by atoms with Gasteiger partial charge < -0.3 is 5.32 Å². The van der Waals surface area contributed by atoms with Gasteiger partial charge in [-0.1, -0.05) is 19.3 Å². The second-order valence-corrected chi connectivity index (χ2v) is 4.84. The first-order valence-corrected chi connectivity index (χ1v) is 6.49. The molecule has 1 heterocycles. The molecule has 0 saturated heterocycles. The van der Waals surface area contributed by atoms with Crippen LogP contribution in [0.5, 0.6) is 0 Å². The van der Waals surface area contributed by atoms with E-state index in [0.717, 1.165) is 6.54 Å². The van der Waals surface area contributed by atoms with Crippen molar-refractivity contribution >= 4 is 11.5 Å². The lowest BCUT2D eigenvalue weighted by molar-refractivity contribution is -0.385. The van der Waals surface area contributed by atoms with Gasteiger partial charge in [-0.2, -0.15) is 5.26 Å². The largest absolute Gasteiger partial charge is 0.369 e. The smallest absolute Gasteiger partial charge is 0.289 e. The molecule has 0 unspecified atom stereocenters. The van der Waals surface area contributed by atoms with Crippen molar-refractivity contribution < 1.29 is 4.92 Å². The van der Waals surface area contributed by atoms with Gasteiger partial charge in [-0.25, -0.2) is 4.98 Å². The fourth-order valence-electron chi connectivity index (χ4n) is 2.41. The summed E-state index contributed by atoms with van der Waals surface area (Å²) in [6.45, 7) is 0.777. The molecule has 2 rings (SSSR count). The van der Waals surface area contributed by atoms with Crippen LogP contribution in [0.15, 0.2) is 12.3 Å². The van der Waals surface area contributed by atoms with E-state index in [-0.39, 0.29) is 11.3 Å². The van der Waals surface area contributed by atoms with E-state index in [2.05, 4.69) is 10.3 Å². The van der Waals surface area contributed by atoms with E-state index >= 15 is 0 Å². The Bertz CT molecular complexity index is 504. The molecule has 1 fully saturated rings. The van der Waals surface area contributed by atoms with Crippen LogP contribution >= 0.6 is 0 Å². The van der Waals surface area contributed by atoms with Gasteiger partial charge >= 0.3 is 0 Å². The molecule has 1 aromatic heterocycles. The molecule has 1 aliphatic rings. The normalized spacial score (nSPS) is 15.7. The minimum atomic E-state index is -0.543. The molecule has 19 heavy (non-hydrogen) atoms. The predicted molar refractivity (Wildman–Crippen MR) is 70.7 cm³/mol. The number of anilines is 1. The average molecular weight is 260 g/mol. The van der Waals surface area contributed by atoms with Crippen LogP contribution < -0.4 is 5.32 Å². The molecule has 0 bridgehead atoms. The van der Waals surface area contributed by atoms with Crippen LogP contribution in [-0.2, 0) is 0 Å². The first-order chi connectivity index (χ1) is 9.20. The fraction of sp³-hybridized carbons (Fsp3) is 0.538. The Kier molecular flexibility index (Phi) is 4.29. The highest BCUT2D eigenvalue weighted by molar-refractivity contribution is 5.55. The van der Waals surface area contributed by atoms with Crippen molar-refractivity contribution in [1.82, 2.24) is 4.98 Å². The molecular weight excluding hydrogens is 244 g/mol. The van der Waals surface area contributed by atoms with E-state index in [1.807, 2.05) is 6.07 Å². The standard InChI is InChI=1S/C13H16N4O2/c14-7-11-6-12(17(18)19)9-16-13(11)15-8-10-4-2-1-3-5-10/h6,9-10H,1-5,8H2,(H,15,16). The SMILES string of the molecule is N#Cc1cc([N+](=O)[O-])cnc1NCC1CCCCC1. The third kappa shape index (κ3) is 3.41. The van der Waals surface area contributed by atoms with Crippen molar-refractivity contribution in [1.29, 1.82) is 5.26 Å². The van der Waals surface area contributed by atoms with Crippen LogP contribution in [0.25, 0.3) is 0 Å². The zero-order valence-corrected chi connectivity index (χ0v) is 10.6. The summed E-state index contributed by atoms with van der Waals surface area (Å²) in [6.07, 6.45) is 7.39. The summed E-state index contributed by atoms with van der Waals surface area (Å²) >= 11 is 0. The van der Waals surface area contributed by atoms with E-state index in [0.29, 0.717) is 11.7 Å². The highest BCUT2D eigenvalue weighted by Gasteiger charge is 2.16. The van der Waals surface area contributed by atoms with Gasteiger partial charge in [0.1, 0.15) is 23.6 Å². The van der Waals surface area contributed by atoms with Crippen LogP contribution in [0.1, 0.15) is 37.7 Å². The highest BCUT2D eigenvalue weighted by atomic mass is 16.6. The molecule has 6 nitrogen and oxygen atoms in total. The van der Waals surface area contributed by atoms with Gasteiger partial charge in [-0.3, -0.25) is 10.1 Å². The zero-order chi connectivity index (χ0) is 13.7. The summed E-state index contributed by atoms with van der Waals surface area (Å²) in [7, 11) is 0. The number of nitrogens with zero attached hydrogens (tertiary/aromatic N) is 3. The molecule has 1 N–H and O–H groups in total. The monoisotopic (exact) mass is 260 g/mol. The molecule has 0 aromatic carbocycles. The summed E-state index contributed by atoms with van der Waals surface area (Å²) in [4.78, 5) is 14.1. The maximum atomic E-state index is 10.6. The Balaban J connectivity index is 2.03. The van der Waals surface area contributed by atoms with Crippen molar-refractivity contribution in [2.75, 3.05) is 11.9 Å². The van der Waals surface area contributed by atoms with Crippen molar-refractivity contribution in [3.05, 3.63) is 27.9 Å². The molecule has 0 amide bonds. The summed E-state index contributed by atoms with van der Waals surface area (Å²) in [5.74, 6) is 1.05. The van der Waals surface area contributed by atoms with Crippen LogP contribution in [-0.4, -0.2) is 16.5 Å². The second kappa shape index (κ2) is 6.14. The topological polar surface area (TPSA) is 91.8 Å². The number of nitriles is 1. The molecule has 6 heteroatoms. The maximum absolute atomic E-state index is 10.6. The van der Waals surface area contributed by atoms with Crippen LogP contribution in [0, 0.1) is 27.4 Å². The molecule has 0 aliphatic heterocycles. The minimum absolute atomic E-state index is 0.153. The third-order valence-electron chi connectivity index (χ3n) is 3.49. The number of hydrogen-bond donors (Lipinski definition) is 1. The second-order valence-electron chi connectivity index (χ2n) is 4.84. The predicted octanol–water partition coefficient (Wildman–Crippen LogP) is 2.85. The molecule has 0 spiro atoms. The number of nitrogens with one attached hydrogen (secondary N) is 1. The average Bonchev–Trinajstić information content (AvgIpc) is 2.45. The Morgan fingerprint density at radius 2 is 2.21 bits per heavy atom. The first-order valence-electron chi connectivity index (χ1n) is 6.49. The van der Waals surface area contributed by atoms with E-state index in [1.165, 1.54) is 44.4 Å². The highest BCUT2D eigenvalue weighted by Crippen LogP contribution is 2.25. The van der Waals surface area contributed by atoms with Gasteiger partial charge in [0.15, 0.2) is 0 Å². The van der Waals surface area contributed by atoms with Crippen LogP contribution in [0.2, 0.25) is 0 Å². The van der Waals surface area contributed by atoms with Crippen LogP contribution in [0.3, 0.4) is 0 Å². The van der Waals surface area contributed by atoms with Crippen molar-refractivity contribution in [2.45, 2.75) is 32.1 Å². The third-order valence-corrected chi connectivity index (χ3v) is 3.49. The number of rotatable bonds is 4. The summed E-state index contributed by atoms with van der Waals surface area (Å²) in [5.41, 5.74) is 0.0739. The lowest BCUT2D eigenvalue weighted by Gasteiger charge is -2.22. The van der Waals surface area contributed by atoms with E-state index in [1.54, 1.807) is 0 Å². The summed E-state index contributed by atoms with van der Waals surface area (Å²) in [5, 5.41) is 22.8. The molecule has 0 radical (unpaired) electrons. The Morgan fingerprint density at radius 1 is 1.47 bits per heavy atom. The number of hydrogen-bond acceptors (Lipinski definition) is 5. The van der Waals surface area contributed by atoms with Gasteiger partial charge in [0, 0.05) is 12.6 Å². The Morgan fingerprint density at radius 3 is 2.84 bits per heavy atom. The number of aromatic nitrogens is 1. The molecule has 0 atom stereocenters. The van der Waals surface area contributed by atoms with Crippen LogP contribution in [0.4, 0.5) is 11.5 Å². The zero-order valence-electron chi connectivity index (χ0n) is 10.6. The van der Waals surface area contributed by atoms with Gasteiger partial charge in [0.05, 0.1) is 4.92 Å². The quantitative estimate of drug-likeness (QED) is 0.663. The molecular formula is C13H16N4O2. The van der Waals surface area contributed by atoms with E-state index in [4.69, 9.17) is 5.26 Å².